The predicted octanol–water partition coefficient (Wildman–Crippen LogP) is 4.54. The second-order valence-electron chi connectivity index (χ2n) is 4.62. The smallest absolute Gasteiger partial charge is 0.195 e. The van der Waals surface area contributed by atoms with Gasteiger partial charge in [-0.3, -0.25) is 9.78 Å². The maximum atomic E-state index is 12.8. The first kappa shape index (κ1) is 13.0. The van der Waals surface area contributed by atoms with Crippen LogP contribution in [0.2, 0.25) is 0 Å². The largest absolute Gasteiger partial charge is 0.289 e. The molecule has 3 heteroatoms. The lowest BCUT2D eigenvalue weighted by atomic mass is 9.97. The molecule has 0 aliphatic heterocycles. The van der Waals surface area contributed by atoms with Crippen molar-refractivity contribution in [2.24, 2.45) is 0 Å². The zero-order chi connectivity index (χ0) is 14.1. The van der Waals surface area contributed by atoms with E-state index in [2.05, 4.69) is 20.9 Å². The molecule has 0 saturated carbocycles. The number of carbonyl (C=O) groups excluding carboxylic acids is 1. The molecule has 0 unspecified atom stereocenters. The second kappa shape index (κ2) is 5.17. The number of aromatic nitrogens is 1. The van der Waals surface area contributed by atoms with Crippen LogP contribution in [0.15, 0.2) is 59.2 Å². The highest BCUT2D eigenvalue weighted by molar-refractivity contribution is 9.10. The molecule has 98 valence electrons. The monoisotopic (exact) mass is 325 g/mol. The standard InChI is InChI=1S/C17H12BrNO/c1-11-13(7-3-9-15(11)18)17(20)14-8-2-5-12-6-4-10-19-16(12)14/h2-10H,1H3. The van der Waals surface area contributed by atoms with Crippen LogP contribution in [0.3, 0.4) is 0 Å². The number of rotatable bonds is 2. The summed E-state index contributed by atoms with van der Waals surface area (Å²) in [6.07, 6.45) is 1.72. The molecule has 0 radical (unpaired) electrons. The van der Waals surface area contributed by atoms with Crippen LogP contribution in [-0.4, -0.2) is 10.8 Å². The fourth-order valence-corrected chi connectivity index (χ4v) is 2.65. The van der Waals surface area contributed by atoms with E-state index in [-0.39, 0.29) is 5.78 Å². The third-order valence-corrected chi connectivity index (χ3v) is 4.25. The summed E-state index contributed by atoms with van der Waals surface area (Å²) in [4.78, 5) is 17.1. The average Bonchev–Trinajstić information content (AvgIpc) is 2.49. The van der Waals surface area contributed by atoms with Crippen molar-refractivity contribution < 1.29 is 4.79 Å². The molecule has 0 saturated heterocycles. The van der Waals surface area contributed by atoms with Crippen molar-refractivity contribution in [3.8, 4) is 0 Å². The van der Waals surface area contributed by atoms with Crippen LogP contribution in [0.25, 0.3) is 10.9 Å². The number of ketones is 1. The van der Waals surface area contributed by atoms with Crippen LogP contribution >= 0.6 is 15.9 Å². The number of carbonyl (C=O) groups is 1. The van der Waals surface area contributed by atoms with Crippen LogP contribution < -0.4 is 0 Å². The number of halogens is 1. The summed E-state index contributed by atoms with van der Waals surface area (Å²) < 4.78 is 0.941. The van der Waals surface area contributed by atoms with Gasteiger partial charge in [0.05, 0.1) is 5.52 Å². The summed E-state index contributed by atoms with van der Waals surface area (Å²) >= 11 is 3.47. The number of nitrogens with zero attached hydrogens (tertiary/aromatic N) is 1. The average molecular weight is 326 g/mol. The lowest BCUT2D eigenvalue weighted by Crippen LogP contribution is -2.05. The van der Waals surface area contributed by atoms with Crippen molar-refractivity contribution in [1.82, 2.24) is 4.98 Å². The maximum Gasteiger partial charge on any atom is 0.195 e. The van der Waals surface area contributed by atoms with Crippen molar-refractivity contribution in [2.45, 2.75) is 6.92 Å². The normalized spacial score (nSPS) is 10.7. The zero-order valence-electron chi connectivity index (χ0n) is 10.9. The molecular formula is C17H12BrNO. The topological polar surface area (TPSA) is 30.0 Å². The molecule has 0 atom stereocenters. The molecule has 0 aliphatic carbocycles. The Morgan fingerprint density at radius 1 is 1.00 bits per heavy atom. The predicted molar refractivity (Wildman–Crippen MR) is 84.1 cm³/mol. The minimum absolute atomic E-state index is 0.00750. The molecule has 0 N–H and O–H groups in total. The highest BCUT2D eigenvalue weighted by Gasteiger charge is 2.16. The Kier molecular flexibility index (Phi) is 3.36. The summed E-state index contributed by atoms with van der Waals surface area (Å²) in [6, 6.07) is 15.2. The summed E-state index contributed by atoms with van der Waals surface area (Å²) in [5.74, 6) is 0.00750. The highest BCUT2D eigenvalue weighted by Crippen LogP contribution is 2.24. The molecule has 0 aliphatic rings. The van der Waals surface area contributed by atoms with Gasteiger partial charge in [0, 0.05) is 27.2 Å². The van der Waals surface area contributed by atoms with E-state index >= 15 is 0 Å². The fourth-order valence-electron chi connectivity index (χ4n) is 2.29. The van der Waals surface area contributed by atoms with Gasteiger partial charge in [0.25, 0.3) is 0 Å². The van der Waals surface area contributed by atoms with E-state index in [0.717, 1.165) is 20.9 Å². The van der Waals surface area contributed by atoms with Crippen LogP contribution in [0.5, 0.6) is 0 Å². The first-order valence-electron chi connectivity index (χ1n) is 6.32. The van der Waals surface area contributed by atoms with Crippen molar-refractivity contribution in [3.63, 3.8) is 0 Å². The van der Waals surface area contributed by atoms with E-state index in [1.54, 1.807) is 6.20 Å². The summed E-state index contributed by atoms with van der Waals surface area (Å²) in [5, 5.41) is 0.978. The molecule has 0 amide bonds. The molecule has 2 aromatic carbocycles. The Bertz CT molecular complexity index is 806. The SMILES string of the molecule is Cc1c(Br)cccc1C(=O)c1cccc2cccnc12. The lowest BCUT2D eigenvalue weighted by molar-refractivity contribution is 0.103. The number of hydrogen-bond donors (Lipinski definition) is 0. The van der Waals surface area contributed by atoms with E-state index in [9.17, 15) is 4.79 Å². The Labute approximate surface area is 125 Å². The van der Waals surface area contributed by atoms with Gasteiger partial charge in [-0.05, 0) is 30.7 Å². The molecular weight excluding hydrogens is 314 g/mol. The van der Waals surface area contributed by atoms with Crippen LogP contribution in [0.1, 0.15) is 21.5 Å². The maximum absolute atomic E-state index is 12.8. The Hall–Kier alpha value is -2.00. The third-order valence-electron chi connectivity index (χ3n) is 3.39. The second-order valence-corrected chi connectivity index (χ2v) is 5.48. The molecule has 2 nitrogen and oxygen atoms in total. The number of pyridine rings is 1. The number of benzene rings is 2. The molecule has 1 heterocycles. The first-order valence-corrected chi connectivity index (χ1v) is 7.11. The molecule has 3 rings (SSSR count). The fraction of sp³-hybridized carbons (Fsp3) is 0.0588. The van der Waals surface area contributed by atoms with E-state index in [0.29, 0.717) is 11.1 Å². The van der Waals surface area contributed by atoms with Crippen LogP contribution in [0, 0.1) is 6.92 Å². The van der Waals surface area contributed by atoms with Crippen molar-refractivity contribution in [3.05, 3.63) is 75.9 Å². The minimum atomic E-state index is 0.00750. The van der Waals surface area contributed by atoms with E-state index in [4.69, 9.17) is 0 Å². The Morgan fingerprint density at radius 3 is 2.55 bits per heavy atom. The van der Waals surface area contributed by atoms with Gasteiger partial charge in [-0.1, -0.05) is 46.3 Å². The quantitative estimate of drug-likeness (QED) is 0.647. The van der Waals surface area contributed by atoms with Gasteiger partial charge >= 0.3 is 0 Å². The summed E-state index contributed by atoms with van der Waals surface area (Å²) in [5.41, 5.74) is 3.05. The summed E-state index contributed by atoms with van der Waals surface area (Å²) in [7, 11) is 0. The number of hydrogen-bond acceptors (Lipinski definition) is 2. The van der Waals surface area contributed by atoms with Crippen molar-refractivity contribution >= 4 is 32.6 Å². The molecule has 0 bridgehead atoms. The molecule has 20 heavy (non-hydrogen) atoms. The van der Waals surface area contributed by atoms with E-state index in [1.165, 1.54) is 0 Å². The lowest BCUT2D eigenvalue weighted by Gasteiger charge is -2.08. The third kappa shape index (κ3) is 2.14. The first-order chi connectivity index (χ1) is 9.68. The number of para-hydroxylation sites is 1. The van der Waals surface area contributed by atoms with Gasteiger partial charge in [-0.15, -0.1) is 0 Å². The summed E-state index contributed by atoms with van der Waals surface area (Å²) in [6.45, 7) is 1.94. The van der Waals surface area contributed by atoms with Crippen molar-refractivity contribution in [1.29, 1.82) is 0 Å². The Morgan fingerprint density at radius 2 is 1.70 bits per heavy atom. The van der Waals surface area contributed by atoms with E-state index < -0.39 is 0 Å². The minimum Gasteiger partial charge on any atom is -0.289 e. The Balaban J connectivity index is 2.21. The van der Waals surface area contributed by atoms with Gasteiger partial charge in [-0.2, -0.15) is 0 Å². The van der Waals surface area contributed by atoms with Gasteiger partial charge in [-0.25, -0.2) is 0 Å². The highest BCUT2D eigenvalue weighted by atomic mass is 79.9. The molecule has 0 spiro atoms. The molecule has 1 aromatic heterocycles. The van der Waals surface area contributed by atoms with Gasteiger partial charge in [0.15, 0.2) is 5.78 Å². The van der Waals surface area contributed by atoms with Crippen LogP contribution in [-0.2, 0) is 0 Å². The number of fused-ring (bicyclic) bond motifs is 1. The zero-order valence-corrected chi connectivity index (χ0v) is 12.5. The van der Waals surface area contributed by atoms with Crippen molar-refractivity contribution in [2.75, 3.05) is 0 Å². The molecule has 3 aromatic rings. The van der Waals surface area contributed by atoms with Gasteiger partial charge in [0.2, 0.25) is 0 Å². The molecule has 0 fully saturated rings. The van der Waals surface area contributed by atoms with Gasteiger partial charge < -0.3 is 0 Å². The van der Waals surface area contributed by atoms with Crippen LogP contribution in [0.4, 0.5) is 0 Å². The van der Waals surface area contributed by atoms with Gasteiger partial charge in [0.1, 0.15) is 0 Å². The van der Waals surface area contributed by atoms with E-state index in [1.807, 2.05) is 55.5 Å².